The molecule has 2 atom stereocenters. The average molecular weight is 273 g/mol. The van der Waals surface area contributed by atoms with Crippen LogP contribution in [0.25, 0.3) is 0 Å². The zero-order chi connectivity index (χ0) is 13.3. The Bertz CT molecular complexity index is 627. The first-order chi connectivity index (χ1) is 9.24. The van der Waals surface area contributed by atoms with Gasteiger partial charge in [0.15, 0.2) is 0 Å². The third-order valence-electron chi connectivity index (χ3n) is 3.36. The second-order valence-corrected chi connectivity index (χ2v) is 7.10. The Balaban J connectivity index is 2.09. The molecule has 3 nitrogen and oxygen atoms in total. The molecule has 0 saturated heterocycles. The Morgan fingerprint density at radius 2 is 1.79 bits per heavy atom. The molecule has 1 aliphatic heterocycles. The lowest BCUT2D eigenvalue weighted by molar-refractivity contribution is 0.473. The van der Waals surface area contributed by atoms with Gasteiger partial charge in [0.25, 0.3) is 7.37 Å². The Hall–Kier alpha value is -1.73. The molecule has 1 aliphatic rings. The van der Waals surface area contributed by atoms with E-state index in [2.05, 4.69) is 5.32 Å². The van der Waals surface area contributed by atoms with Gasteiger partial charge in [-0.1, -0.05) is 37.3 Å². The minimum atomic E-state index is -2.92. The van der Waals surface area contributed by atoms with Crippen molar-refractivity contribution in [2.45, 2.75) is 19.1 Å². The summed E-state index contributed by atoms with van der Waals surface area (Å²) in [4.78, 5) is 0. The van der Waals surface area contributed by atoms with E-state index < -0.39 is 7.37 Å². The lowest BCUT2D eigenvalue weighted by atomic mass is 10.3. The van der Waals surface area contributed by atoms with Gasteiger partial charge in [0, 0.05) is 0 Å². The van der Waals surface area contributed by atoms with E-state index in [9.17, 15) is 4.57 Å². The molecule has 0 aliphatic carbocycles. The first-order valence-corrected chi connectivity index (χ1v) is 8.14. The highest BCUT2D eigenvalue weighted by molar-refractivity contribution is 7.68. The van der Waals surface area contributed by atoms with Crippen molar-refractivity contribution in [3.8, 4) is 5.75 Å². The van der Waals surface area contributed by atoms with Crippen molar-refractivity contribution in [1.29, 1.82) is 0 Å². The number of anilines is 1. The van der Waals surface area contributed by atoms with Crippen LogP contribution in [0.2, 0.25) is 0 Å². The average Bonchev–Trinajstić information content (AvgIpc) is 2.47. The molecule has 4 heteroatoms. The van der Waals surface area contributed by atoms with Crippen LogP contribution in [-0.4, -0.2) is 5.78 Å². The fourth-order valence-corrected chi connectivity index (χ4v) is 4.77. The van der Waals surface area contributed by atoms with Crippen molar-refractivity contribution in [3.05, 3.63) is 54.6 Å². The highest BCUT2D eigenvalue weighted by Crippen LogP contribution is 2.56. The number of hydrogen-bond acceptors (Lipinski definition) is 3. The number of para-hydroxylation sites is 2. The molecule has 2 aromatic rings. The standard InChI is InChI=1S/C15H16NO2P/c1-2-15-16-13-10-6-7-11-14(13)18-19(15,17)12-8-4-3-5-9-12/h3-11,15-16H,2H2,1H3/t15-,19-/m0/s1. The summed E-state index contributed by atoms with van der Waals surface area (Å²) in [5.41, 5.74) is 0.914. The normalized spacial score (nSPS) is 25.0. The lowest BCUT2D eigenvalue weighted by Crippen LogP contribution is -2.31. The van der Waals surface area contributed by atoms with Crippen LogP contribution in [0.3, 0.4) is 0 Å². The number of nitrogens with one attached hydrogen (secondary N) is 1. The molecule has 0 bridgehead atoms. The van der Waals surface area contributed by atoms with Gasteiger partial charge in [-0.25, -0.2) is 0 Å². The molecule has 1 N–H and O–H groups in total. The monoisotopic (exact) mass is 273 g/mol. The summed E-state index contributed by atoms with van der Waals surface area (Å²) in [6.45, 7) is 2.02. The molecule has 0 fully saturated rings. The van der Waals surface area contributed by atoms with Crippen LogP contribution in [0.5, 0.6) is 5.75 Å². The molecule has 2 aromatic carbocycles. The molecule has 1 heterocycles. The van der Waals surface area contributed by atoms with Gasteiger partial charge in [0.2, 0.25) is 0 Å². The quantitative estimate of drug-likeness (QED) is 0.845. The van der Waals surface area contributed by atoms with Gasteiger partial charge < -0.3 is 9.84 Å². The van der Waals surface area contributed by atoms with Crippen LogP contribution in [0.1, 0.15) is 13.3 Å². The second-order valence-electron chi connectivity index (χ2n) is 4.59. The van der Waals surface area contributed by atoms with Crippen molar-refractivity contribution in [2.75, 3.05) is 5.32 Å². The molecule has 3 rings (SSSR count). The summed E-state index contributed by atoms with van der Waals surface area (Å²) in [5.74, 6) is 0.490. The zero-order valence-electron chi connectivity index (χ0n) is 10.7. The Labute approximate surface area is 113 Å². The Morgan fingerprint density at radius 1 is 1.11 bits per heavy atom. The number of benzene rings is 2. The molecule has 0 spiro atoms. The van der Waals surface area contributed by atoms with Gasteiger partial charge in [-0.05, 0) is 30.7 Å². The van der Waals surface area contributed by atoms with Crippen molar-refractivity contribution in [3.63, 3.8) is 0 Å². The van der Waals surface area contributed by atoms with E-state index in [0.717, 1.165) is 17.4 Å². The van der Waals surface area contributed by atoms with Crippen molar-refractivity contribution in [1.82, 2.24) is 0 Å². The number of fused-ring (bicyclic) bond motifs is 1. The summed E-state index contributed by atoms with van der Waals surface area (Å²) >= 11 is 0. The molecule has 98 valence electrons. The molecular weight excluding hydrogens is 257 g/mol. The fourth-order valence-electron chi connectivity index (χ4n) is 2.35. The summed E-state index contributed by atoms with van der Waals surface area (Å²) in [6.07, 6.45) is 0.751. The molecule has 0 amide bonds. The highest BCUT2D eigenvalue weighted by atomic mass is 31.2. The third kappa shape index (κ3) is 2.04. The molecule has 19 heavy (non-hydrogen) atoms. The van der Waals surface area contributed by atoms with E-state index in [1.807, 2.05) is 61.5 Å². The Morgan fingerprint density at radius 3 is 2.53 bits per heavy atom. The van der Waals surface area contributed by atoms with Gasteiger partial charge in [-0.3, -0.25) is 4.57 Å². The SMILES string of the molecule is CC[C@H]1Nc2ccccc2O[P@@]1(=O)c1ccccc1. The first-order valence-electron chi connectivity index (χ1n) is 6.44. The van der Waals surface area contributed by atoms with Crippen LogP contribution in [0.4, 0.5) is 5.69 Å². The summed E-state index contributed by atoms with van der Waals surface area (Å²) in [6, 6.07) is 17.1. The predicted octanol–water partition coefficient (Wildman–Crippen LogP) is 3.83. The maximum absolute atomic E-state index is 13.3. The van der Waals surface area contributed by atoms with Gasteiger partial charge in [-0.2, -0.15) is 0 Å². The van der Waals surface area contributed by atoms with Gasteiger partial charge in [0.1, 0.15) is 11.5 Å². The van der Waals surface area contributed by atoms with Crippen LogP contribution in [0, 0.1) is 0 Å². The van der Waals surface area contributed by atoms with Gasteiger partial charge in [-0.15, -0.1) is 0 Å². The largest absolute Gasteiger partial charge is 0.436 e. The second kappa shape index (κ2) is 4.75. The predicted molar refractivity (Wildman–Crippen MR) is 78.5 cm³/mol. The van der Waals surface area contributed by atoms with Gasteiger partial charge in [0.05, 0.1) is 11.0 Å². The molecule has 0 radical (unpaired) electrons. The maximum Gasteiger partial charge on any atom is 0.298 e. The molecular formula is C15H16NO2P. The summed E-state index contributed by atoms with van der Waals surface area (Å²) in [5, 5.41) is 4.12. The number of hydrogen-bond donors (Lipinski definition) is 1. The number of rotatable bonds is 2. The van der Waals surface area contributed by atoms with Crippen LogP contribution >= 0.6 is 7.37 Å². The van der Waals surface area contributed by atoms with Crippen LogP contribution in [0.15, 0.2) is 54.6 Å². The van der Waals surface area contributed by atoms with Crippen LogP contribution < -0.4 is 15.1 Å². The first kappa shape index (κ1) is 12.3. The smallest absolute Gasteiger partial charge is 0.298 e. The van der Waals surface area contributed by atoms with E-state index in [4.69, 9.17) is 4.52 Å². The van der Waals surface area contributed by atoms with E-state index >= 15 is 0 Å². The lowest BCUT2D eigenvalue weighted by Gasteiger charge is -2.34. The van der Waals surface area contributed by atoms with E-state index in [0.29, 0.717) is 5.75 Å². The van der Waals surface area contributed by atoms with Crippen molar-refractivity contribution in [2.24, 2.45) is 0 Å². The van der Waals surface area contributed by atoms with E-state index in [-0.39, 0.29) is 5.78 Å². The van der Waals surface area contributed by atoms with Crippen molar-refractivity contribution < 1.29 is 9.09 Å². The minimum absolute atomic E-state index is 0.176. The Kier molecular flexibility index (Phi) is 3.08. The fraction of sp³-hybridized carbons (Fsp3) is 0.200. The molecule has 0 saturated carbocycles. The minimum Gasteiger partial charge on any atom is -0.436 e. The van der Waals surface area contributed by atoms with Gasteiger partial charge >= 0.3 is 0 Å². The highest BCUT2D eigenvalue weighted by Gasteiger charge is 2.40. The van der Waals surface area contributed by atoms with Crippen molar-refractivity contribution >= 4 is 18.4 Å². The third-order valence-corrected chi connectivity index (χ3v) is 6.16. The van der Waals surface area contributed by atoms with Crippen LogP contribution in [-0.2, 0) is 4.57 Å². The molecule has 0 unspecified atom stereocenters. The summed E-state index contributed by atoms with van der Waals surface area (Å²) in [7, 11) is -2.92. The maximum atomic E-state index is 13.3. The summed E-state index contributed by atoms with van der Waals surface area (Å²) < 4.78 is 19.2. The van der Waals surface area contributed by atoms with E-state index in [1.54, 1.807) is 0 Å². The zero-order valence-corrected chi connectivity index (χ0v) is 11.6. The molecule has 0 aromatic heterocycles. The van der Waals surface area contributed by atoms with E-state index in [1.165, 1.54) is 0 Å². The topological polar surface area (TPSA) is 38.3 Å².